The molecule has 3 N–H and O–H groups in total. The van der Waals surface area contributed by atoms with Gasteiger partial charge in [-0.2, -0.15) is 0 Å². The minimum absolute atomic E-state index is 0.0753. The normalized spacial score (nSPS) is 16.3. The van der Waals surface area contributed by atoms with Gasteiger partial charge in [0.25, 0.3) is 0 Å². The van der Waals surface area contributed by atoms with Crippen molar-refractivity contribution in [2.75, 3.05) is 26.2 Å². The molecule has 23 heavy (non-hydrogen) atoms. The average molecular weight is 317 g/mol. The van der Waals surface area contributed by atoms with Gasteiger partial charge in [-0.25, -0.2) is 4.79 Å². The molecule has 1 atom stereocenters. The first kappa shape index (κ1) is 16.8. The number of guanidine groups is 1. The Hall–Kier alpha value is -2.57. The van der Waals surface area contributed by atoms with Gasteiger partial charge in [0.2, 0.25) is 5.91 Å². The molecule has 7 nitrogen and oxygen atoms in total. The summed E-state index contributed by atoms with van der Waals surface area (Å²) in [7, 11) is 0. The van der Waals surface area contributed by atoms with Crippen LogP contribution in [0.4, 0.5) is 4.79 Å². The number of carbonyl (C=O) groups is 2. The predicted molar refractivity (Wildman–Crippen MR) is 89.1 cm³/mol. The minimum atomic E-state index is -0.346. The van der Waals surface area contributed by atoms with E-state index in [1.807, 2.05) is 25.1 Å². The maximum atomic E-state index is 11.5. The second kappa shape index (κ2) is 8.17. The summed E-state index contributed by atoms with van der Waals surface area (Å²) in [6.07, 6.45) is 0. The molecular formula is C16H23N5O2. The third-order valence-electron chi connectivity index (χ3n) is 3.53. The van der Waals surface area contributed by atoms with Crippen molar-refractivity contribution in [3.8, 4) is 0 Å². The molecule has 0 aliphatic carbocycles. The Kier molecular flexibility index (Phi) is 5.96. The third kappa shape index (κ3) is 4.70. The van der Waals surface area contributed by atoms with Crippen LogP contribution in [0.15, 0.2) is 35.3 Å². The first-order valence-corrected chi connectivity index (χ1v) is 7.79. The van der Waals surface area contributed by atoms with E-state index in [1.165, 1.54) is 4.90 Å². The summed E-state index contributed by atoms with van der Waals surface area (Å²) in [5, 5.41) is 8.98. The van der Waals surface area contributed by atoms with Gasteiger partial charge in [-0.15, -0.1) is 0 Å². The largest absolute Gasteiger partial charge is 0.357 e. The zero-order chi connectivity index (χ0) is 16.7. The monoisotopic (exact) mass is 317 g/mol. The van der Waals surface area contributed by atoms with Crippen LogP contribution in [0.1, 0.15) is 25.5 Å². The number of nitrogens with zero attached hydrogens (tertiary/aromatic N) is 2. The van der Waals surface area contributed by atoms with Gasteiger partial charge in [-0.1, -0.05) is 30.3 Å². The van der Waals surface area contributed by atoms with Crippen molar-refractivity contribution < 1.29 is 9.59 Å². The van der Waals surface area contributed by atoms with Gasteiger partial charge in [0.1, 0.15) is 0 Å². The Labute approximate surface area is 136 Å². The molecule has 1 unspecified atom stereocenters. The van der Waals surface area contributed by atoms with Gasteiger partial charge in [0, 0.05) is 6.54 Å². The van der Waals surface area contributed by atoms with Crippen LogP contribution in [-0.4, -0.2) is 49.0 Å². The lowest BCUT2D eigenvalue weighted by atomic mass is 10.1. The van der Waals surface area contributed by atoms with Gasteiger partial charge >= 0.3 is 6.03 Å². The molecule has 1 saturated heterocycles. The van der Waals surface area contributed by atoms with Crippen LogP contribution < -0.4 is 16.0 Å². The van der Waals surface area contributed by atoms with E-state index in [0.29, 0.717) is 12.5 Å². The van der Waals surface area contributed by atoms with Crippen LogP contribution in [0, 0.1) is 0 Å². The minimum Gasteiger partial charge on any atom is -0.357 e. The summed E-state index contributed by atoms with van der Waals surface area (Å²) in [6.45, 7) is 5.49. The molecule has 2 rings (SSSR count). The fraction of sp³-hybridized carbons (Fsp3) is 0.438. The number of amides is 3. The predicted octanol–water partition coefficient (Wildman–Crippen LogP) is 0.855. The number of hydrogen-bond acceptors (Lipinski definition) is 3. The Morgan fingerprint density at radius 3 is 2.70 bits per heavy atom. The summed E-state index contributed by atoms with van der Waals surface area (Å²) in [5.74, 6) is 0.455. The summed E-state index contributed by atoms with van der Waals surface area (Å²) in [6, 6.07) is 9.83. The number of hydrogen-bond donors (Lipinski definition) is 3. The number of nitrogens with one attached hydrogen (secondary N) is 3. The van der Waals surface area contributed by atoms with Crippen LogP contribution in [0.3, 0.4) is 0 Å². The first-order chi connectivity index (χ1) is 11.1. The van der Waals surface area contributed by atoms with Crippen molar-refractivity contribution in [2.45, 2.75) is 19.9 Å². The van der Waals surface area contributed by atoms with E-state index in [4.69, 9.17) is 0 Å². The van der Waals surface area contributed by atoms with Gasteiger partial charge in [-0.3, -0.25) is 14.7 Å². The highest BCUT2D eigenvalue weighted by Gasteiger charge is 2.27. The van der Waals surface area contributed by atoms with E-state index in [1.54, 1.807) is 0 Å². The van der Waals surface area contributed by atoms with E-state index in [0.717, 1.165) is 12.1 Å². The summed E-state index contributed by atoms with van der Waals surface area (Å²) < 4.78 is 0. The first-order valence-electron chi connectivity index (χ1n) is 7.79. The maximum Gasteiger partial charge on any atom is 0.324 e. The van der Waals surface area contributed by atoms with Crippen molar-refractivity contribution in [2.24, 2.45) is 4.99 Å². The highest BCUT2D eigenvalue weighted by atomic mass is 16.2. The Balaban J connectivity index is 1.92. The van der Waals surface area contributed by atoms with Crippen molar-refractivity contribution in [3.05, 3.63) is 35.9 Å². The van der Waals surface area contributed by atoms with E-state index >= 15 is 0 Å². The third-order valence-corrected chi connectivity index (χ3v) is 3.53. The number of rotatable bonds is 6. The Bertz CT molecular complexity index is 557. The van der Waals surface area contributed by atoms with E-state index in [-0.39, 0.29) is 31.1 Å². The molecule has 3 amide bonds. The highest BCUT2D eigenvalue weighted by molar-refractivity contribution is 6.01. The number of aliphatic imine (C=N–C) groups is 1. The lowest BCUT2D eigenvalue weighted by Gasteiger charge is -2.18. The zero-order valence-corrected chi connectivity index (χ0v) is 13.5. The summed E-state index contributed by atoms with van der Waals surface area (Å²) in [5.41, 5.74) is 1.16. The highest BCUT2D eigenvalue weighted by Crippen LogP contribution is 2.10. The number of carbonyl (C=O) groups excluding carboxylic acids is 2. The lowest BCUT2D eigenvalue weighted by molar-refractivity contribution is -0.124. The molecule has 0 saturated carbocycles. The topological polar surface area (TPSA) is 85.8 Å². The maximum absolute atomic E-state index is 11.5. The van der Waals surface area contributed by atoms with Crippen LogP contribution in [0.5, 0.6) is 0 Å². The van der Waals surface area contributed by atoms with Crippen molar-refractivity contribution in [3.63, 3.8) is 0 Å². The Morgan fingerprint density at radius 2 is 2.09 bits per heavy atom. The van der Waals surface area contributed by atoms with E-state index in [2.05, 4.69) is 40.0 Å². The SMILES string of the molecule is CCNC(=NCCN1C(=O)CNC1=O)NC(C)c1ccccc1. The fourth-order valence-electron chi connectivity index (χ4n) is 2.29. The number of urea groups is 1. The van der Waals surface area contributed by atoms with E-state index in [9.17, 15) is 9.59 Å². The van der Waals surface area contributed by atoms with Gasteiger partial charge in [-0.05, 0) is 19.4 Å². The van der Waals surface area contributed by atoms with Crippen LogP contribution >= 0.6 is 0 Å². The lowest BCUT2D eigenvalue weighted by Crippen LogP contribution is -2.40. The molecule has 124 valence electrons. The average Bonchev–Trinajstić information content (AvgIpc) is 2.87. The van der Waals surface area contributed by atoms with Gasteiger partial charge in [0.15, 0.2) is 5.96 Å². The quantitative estimate of drug-likeness (QED) is 0.412. The molecule has 1 heterocycles. The van der Waals surface area contributed by atoms with Gasteiger partial charge < -0.3 is 16.0 Å². The number of benzene rings is 1. The molecule has 0 radical (unpaired) electrons. The molecule has 1 aliphatic heterocycles. The Morgan fingerprint density at radius 1 is 1.35 bits per heavy atom. The van der Waals surface area contributed by atoms with Crippen molar-refractivity contribution >= 4 is 17.9 Å². The van der Waals surface area contributed by atoms with Crippen molar-refractivity contribution in [1.82, 2.24) is 20.9 Å². The van der Waals surface area contributed by atoms with Crippen LogP contribution in [-0.2, 0) is 4.79 Å². The second-order valence-corrected chi connectivity index (χ2v) is 5.24. The molecule has 0 spiro atoms. The van der Waals surface area contributed by atoms with Crippen LogP contribution in [0.2, 0.25) is 0 Å². The molecule has 0 bridgehead atoms. The molecule has 1 aromatic carbocycles. The van der Waals surface area contributed by atoms with E-state index < -0.39 is 0 Å². The van der Waals surface area contributed by atoms with Crippen molar-refractivity contribution in [1.29, 1.82) is 0 Å². The van der Waals surface area contributed by atoms with Crippen LogP contribution in [0.25, 0.3) is 0 Å². The molecule has 0 aromatic heterocycles. The number of imide groups is 1. The standard InChI is InChI=1S/C16H23N5O2/c1-3-17-15(20-12(2)13-7-5-4-6-8-13)18-9-10-21-14(22)11-19-16(21)23/h4-8,12H,3,9-11H2,1-2H3,(H,19,23)(H2,17,18,20). The molecular weight excluding hydrogens is 294 g/mol. The zero-order valence-electron chi connectivity index (χ0n) is 13.5. The molecule has 7 heteroatoms. The van der Waals surface area contributed by atoms with Gasteiger partial charge in [0.05, 0.1) is 25.7 Å². The summed E-state index contributed by atoms with van der Waals surface area (Å²) in [4.78, 5) is 28.6. The second-order valence-electron chi connectivity index (χ2n) is 5.24. The smallest absolute Gasteiger partial charge is 0.324 e. The molecule has 1 aliphatic rings. The molecule has 1 aromatic rings. The summed E-state index contributed by atoms with van der Waals surface area (Å²) >= 11 is 0. The molecule has 1 fully saturated rings. The fourth-order valence-corrected chi connectivity index (χ4v) is 2.29.